The van der Waals surface area contributed by atoms with Crippen molar-refractivity contribution in [2.75, 3.05) is 52.6 Å². The van der Waals surface area contributed by atoms with Crippen molar-refractivity contribution < 1.29 is 19.4 Å². The standard InChI is InChI=1S/C13H24N2O4/c1-13(2,17)11(16)12(14-3-7-18-8-4-14)15-5-9-19-10-6-15/h12,17H,3-10H2,1-2H3. The van der Waals surface area contributed by atoms with Gasteiger partial charge < -0.3 is 14.6 Å². The van der Waals surface area contributed by atoms with Gasteiger partial charge in [-0.15, -0.1) is 0 Å². The Morgan fingerprint density at radius 2 is 1.37 bits per heavy atom. The Bertz CT molecular complexity index is 286. The molecule has 0 aromatic carbocycles. The second-order valence-electron chi connectivity index (χ2n) is 5.59. The van der Waals surface area contributed by atoms with Crippen LogP contribution in [0.4, 0.5) is 0 Å². The molecule has 6 heteroatoms. The lowest BCUT2D eigenvalue weighted by molar-refractivity contribution is -0.154. The van der Waals surface area contributed by atoms with E-state index in [1.165, 1.54) is 0 Å². The van der Waals surface area contributed by atoms with Gasteiger partial charge in [-0.3, -0.25) is 14.6 Å². The van der Waals surface area contributed by atoms with Crippen molar-refractivity contribution in [3.63, 3.8) is 0 Å². The monoisotopic (exact) mass is 272 g/mol. The Morgan fingerprint density at radius 1 is 1.00 bits per heavy atom. The number of hydrogen-bond acceptors (Lipinski definition) is 6. The minimum atomic E-state index is -1.32. The fourth-order valence-electron chi connectivity index (χ4n) is 2.52. The van der Waals surface area contributed by atoms with Crippen molar-refractivity contribution in [1.82, 2.24) is 9.80 Å². The molecule has 0 atom stereocenters. The molecule has 0 radical (unpaired) electrons. The SMILES string of the molecule is CC(C)(O)C(=O)C(N1CCOCC1)N1CCOCC1. The maximum absolute atomic E-state index is 12.5. The van der Waals surface area contributed by atoms with Gasteiger partial charge in [0.15, 0.2) is 5.78 Å². The van der Waals surface area contributed by atoms with Crippen molar-refractivity contribution in [3.8, 4) is 0 Å². The van der Waals surface area contributed by atoms with E-state index < -0.39 is 5.60 Å². The number of nitrogens with zero attached hydrogens (tertiary/aromatic N) is 2. The van der Waals surface area contributed by atoms with E-state index in [9.17, 15) is 9.90 Å². The third-order valence-electron chi connectivity index (χ3n) is 3.62. The van der Waals surface area contributed by atoms with Crippen LogP contribution in [0.5, 0.6) is 0 Å². The first-order chi connectivity index (χ1) is 9.00. The molecule has 0 spiro atoms. The lowest BCUT2D eigenvalue weighted by Gasteiger charge is -2.43. The highest BCUT2D eigenvalue weighted by Gasteiger charge is 2.40. The summed E-state index contributed by atoms with van der Waals surface area (Å²) in [6.07, 6.45) is -0.368. The van der Waals surface area contributed by atoms with Crippen LogP contribution in [-0.2, 0) is 14.3 Å². The number of ketones is 1. The number of Topliss-reactive ketones (excluding diaryl/α,β-unsaturated/α-hetero) is 1. The summed E-state index contributed by atoms with van der Waals surface area (Å²) in [5, 5.41) is 10.1. The van der Waals surface area contributed by atoms with Gasteiger partial charge in [0.2, 0.25) is 0 Å². The third-order valence-corrected chi connectivity index (χ3v) is 3.62. The van der Waals surface area contributed by atoms with E-state index in [-0.39, 0.29) is 11.9 Å². The van der Waals surface area contributed by atoms with Crippen LogP contribution < -0.4 is 0 Å². The number of morpholine rings is 2. The first-order valence-electron chi connectivity index (χ1n) is 6.90. The van der Waals surface area contributed by atoms with Crippen LogP contribution in [-0.4, -0.2) is 85.1 Å². The van der Waals surface area contributed by atoms with E-state index in [0.717, 1.165) is 26.2 Å². The molecule has 0 saturated carbocycles. The average molecular weight is 272 g/mol. The number of carbonyl (C=O) groups excluding carboxylic acids is 1. The van der Waals surface area contributed by atoms with Crippen molar-refractivity contribution in [3.05, 3.63) is 0 Å². The quantitative estimate of drug-likeness (QED) is 0.731. The summed E-state index contributed by atoms with van der Waals surface area (Å²) in [6.45, 7) is 8.58. The summed E-state index contributed by atoms with van der Waals surface area (Å²) in [4.78, 5) is 16.8. The van der Waals surface area contributed by atoms with Crippen LogP contribution in [0.15, 0.2) is 0 Å². The number of ether oxygens (including phenoxy) is 2. The zero-order chi connectivity index (χ0) is 13.9. The molecule has 0 aliphatic carbocycles. The molecule has 110 valence electrons. The maximum Gasteiger partial charge on any atom is 0.195 e. The molecule has 0 unspecified atom stereocenters. The Labute approximate surface area is 114 Å². The zero-order valence-electron chi connectivity index (χ0n) is 11.8. The number of carbonyl (C=O) groups is 1. The van der Waals surface area contributed by atoms with E-state index in [2.05, 4.69) is 9.80 Å². The summed E-state index contributed by atoms with van der Waals surface area (Å²) in [7, 11) is 0. The van der Waals surface area contributed by atoms with Gasteiger partial charge in [-0.25, -0.2) is 0 Å². The van der Waals surface area contributed by atoms with Crippen LogP contribution in [0, 0.1) is 0 Å². The molecule has 2 aliphatic rings. The molecule has 2 aliphatic heterocycles. The highest BCUT2D eigenvalue weighted by atomic mass is 16.5. The van der Waals surface area contributed by atoms with Gasteiger partial charge in [0, 0.05) is 26.2 Å². The van der Waals surface area contributed by atoms with Gasteiger partial charge in [-0.1, -0.05) is 0 Å². The minimum Gasteiger partial charge on any atom is -0.383 e. The van der Waals surface area contributed by atoms with E-state index in [0.29, 0.717) is 26.4 Å². The predicted molar refractivity (Wildman–Crippen MR) is 69.9 cm³/mol. The Kier molecular flexibility index (Phi) is 4.92. The average Bonchev–Trinajstić information content (AvgIpc) is 2.40. The topological polar surface area (TPSA) is 62.2 Å². The first kappa shape index (κ1) is 14.9. The molecule has 2 fully saturated rings. The summed E-state index contributed by atoms with van der Waals surface area (Å²) >= 11 is 0. The van der Waals surface area contributed by atoms with Crippen molar-refractivity contribution in [2.24, 2.45) is 0 Å². The first-order valence-corrected chi connectivity index (χ1v) is 6.90. The fraction of sp³-hybridized carbons (Fsp3) is 0.923. The summed E-state index contributed by atoms with van der Waals surface area (Å²) in [5.41, 5.74) is -1.32. The van der Waals surface area contributed by atoms with Gasteiger partial charge in [0.25, 0.3) is 0 Å². The van der Waals surface area contributed by atoms with E-state index in [1.54, 1.807) is 13.8 Å². The van der Waals surface area contributed by atoms with Crippen molar-refractivity contribution in [1.29, 1.82) is 0 Å². The number of aliphatic hydroxyl groups is 1. The second kappa shape index (κ2) is 6.28. The van der Waals surface area contributed by atoms with Crippen molar-refractivity contribution >= 4 is 5.78 Å². The molecule has 1 N–H and O–H groups in total. The highest BCUT2D eigenvalue weighted by molar-refractivity contribution is 5.90. The van der Waals surface area contributed by atoms with E-state index in [4.69, 9.17) is 9.47 Å². The van der Waals surface area contributed by atoms with Gasteiger partial charge >= 0.3 is 0 Å². The second-order valence-corrected chi connectivity index (χ2v) is 5.59. The zero-order valence-corrected chi connectivity index (χ0v) is 11.8. The highest BCUT2D eigenvalue weighted by Crippen LogP contribution is 2.18. The maximum atomic E-state index is 12.5. The molecular weight excluding hydrogens is 248 g/mol. The van der Waals surface area contributed by atoms with Crippen LogP contribution >= 0.6 is 0 Å². The third kappa shape index (κ3) is 3.73. The fourth-order valence-corrected chi connectivity index (χ4v) is 2.52. The molecule has 19 heavy (non-hydrogen) atoms. The van der Waals surface area contributed by atoms with Gasteiger partial charge in [0.1, 0.15) is 11.8 Å². The normalized spacial score (nSPS) is 23.8. The van der Waals surface area contributed by atoms with Gasteiger partial charge in [-0.2, -0.15) is 0 Å². The molecular formula is C13H24N2O4. The minimum absolute atomic E-state index is 0.142. The summed E-state index contributed by atoms with van der Waals surface area (Å²) < 4.78 is 10.7. The molecule has 0 aromatic rings. The van der Waals surface area contributed by atoms with Crippen LogP contribution in [0.2, 0.25) is 0 Å². The predicted octanol–water partition coefficient (Wildman–Crippen LogP) is -0.683. The molecule has 2 rings (SSSR count). The molecule has 2 saturated heterocycles. The summed E-state index contributed by atoms with van der Waals surface area (Å²) in [6, 6.07) is 0. The van der Waals surface area contributed by atoms with E-state index >= 15 is 0 Å². The van der Waals surface area contributed by atoms with Gasteiger partial charge in [-0.05, 0) is 13.8 Å². The molecule has 0 amide bonds. The van der Waals surface area contributed by atoms with Gasteiger partial charge in [0.05, 0.1) is 26.4 Å². The van der Waals surface area contributed by atoms with E-state index in [1.807, 2.05) is 0 Å². The Hall–Kier alpha value is -0.530. The lowest BCUT2D eigenvalue weighted by Crippen LogP contribution is -2.62. The lowest BCUT2D eigenvalue weighted by atomic mass is 9.99. The number of hydrogen-bond donors (Lipinski definition) is 1. The summed E-state index contributed by atoms with van der Waals surface area (Å²) in [5.74, 6) is -0.142. The molecule has 0 aromatic heterocycles. The van der Waals surface area contributed by atoms with Crippen molar-refractivity contribution in [2.45, 2.75) is 25.6 Å². The van der Waals surface area contributed by atoms with Crippen LogP contribution in [0.25, 0.3) is 0 Å². The Morgan fingerprint density at radius 3 is 1.68 bits per heavy atom. The number of rotatable bonds is 4. The van der Waals surface area contributed by atoms with Crippen LogP contribution in [0.3, 0.4) is 0 Å². The van der Waals surface area contributed by atoms with Crippen LogP contribution in [0.1, 0.15) is 13.8 Å². The molecule has 2 heterocycles. The smallest absolute Gasteiger partial charge is 0.195 e. The Balaban J connectivity index is 2.13. The molecule has 6 nitrogen and oxygen atoms in total. The molecule has 0 bridgehead atoms. The largest absolute Gasteiger partial charge is 0.383 e.